The predicted octanol–water partition coefficient (Wildman–Crippen LogP) is 3.41. The van der Waals surface area contributed by atoms with Gasteiger partial charge in [-0.25, -0.2) is 0 Å². The number of carbonyl (C=O) groups is 2. The van der Waals surface area contributed by atoms with Gasteiger partial charge in [-0.15, -0.1) is 0 Å². The Morgan fingerprint density at radius 3 is 2.44 bits per heavy atom. The van der Waals surface area contributed by atoms with Gasteiger partial charge in [0.2, 0.25) is 0 Å². The highest BCUT2D eigenvalue weighted by atomic mass is 35.5. The van der Waals surface area contributed by atoms with Crippen LogP contribution in [0, 0.1) is 11.8 Å². The molecule has 1 aliphatic rings. The first-order valence-corrected chi connectivity index (χ1v) is 6.50. The molecule has 0 radical (unpaired) electrons. The molecule has 3 nitrogen and oxygen atoms in total. The number of benzene rings is 1. The van der Waals surface area contributed by atoms with Crippen LogP contribution in [0.15, 0.2) is 24.3 Å². The van der Waals surface area contributed by atoms with Gasteiger partial charge in [-0.2, -0.15) is 0 Å². The molecule has 0 bridgehead atoms. The standard InChI is InChI=1S/C14H15ClO3/c15-10-5-3-4-9(8-10)13(16)11-6-1-2-7-12(11)14(17)18/h3-5,8,11-12H,1-2,6-7H2,(H,17,18). The van der Waals surface area contributed by atoms with E-state index in [9.17, 15) is 14.7 Å². The first-order chi connectivity index (χ1) is 8.59. The second kappa shape index (κ2) is 5.53. The van der Waals surface area contributed by atoms with Crippen molar-refractivity contribution in [2.45, 2.75) is 25.7 Å². The Hall–Kier alpha value is -1.35. The molecule has 2 rings (SSSR count). The molecular weight excluding hydrogens is 252 g/mol. The van der Waals surface area contributed by atoms with Crippen molar-refractivity contribution in [2.75, 3.05) is 0 Å². The van der Waals surface area contributed by atoms with E-state index in [0.29, 0.717) is 23.4 Å². The Balaban J connectivity index is 2.23. The average Bonchev–Trinajstić information content (AvgIpc) is 2.38. The van der Waals surface area contributed by atoms with Crippen LogP contribution in [0.1, 0.15) is 36.0 Å². The summed E-state index contributed by atoms with van der Waals surface area (Å²) in [4.78, 5) is 23.5. The van der Waals surface area contributed by atoms with E-state index in [2.05, 4.69) is 0 Å². The lowest BCUT2D eigenvalue weighted by Crippen LogP contribution is -2.32. The fraction of sp³-hybridized carbons (Fsp3) is 0.429. The molecule has 2 unspecified atom stereocenters. The van der Waals surface area contributed by atoms with E-state index in [4.69, 9.17) is 11.6 Å². The molecule has 1 aromatic carbocycles. The van der Waals surface area contributed by atoms with Crippen LogP contribution in [0.3, 0.4) is 0 Å². The zero-order valence-electron chi connectivity index (χ0n) is 9.93. The van der Waals surface area contributed by atoms with Crippen molar-refractivity contribution in [1.29, 1.82) is 0 Å². The van der Waals surface area contributed by atoms with Gasteiger partial charge in [-0.3, -0.25) is 9.59 Å². The fourth-order valence-corrected chi connectivity index (χ4v) is 2.79. The fourth-order valence-electron chi connectivity index (χ4n) is 2.60. The minimum Gasteiger partial charge on any atom is -0.481 e. The third kappa shape index (κ3) is 2.72. The zero-order valence-corrected chi connectivity index (χ0v) is 10.7. The molecule has 96 valence electrons. The summed E-state index contributed by atoms with van der Waals surface area (Å²) in [6.07, 6.45) is 3.05. The Morgan fingerprint density at radius 1 is 1.17 bits per heavy atom. The van der Waals surface area contributed by atoms with Gasteiger partial charge >= 0.3 is 5.97 Å². The van der Waals surface area contributed by atoms with Crippen molar-refractivity contribution in [3.05, 3.63) is 34.9 Å². The van der Waals surface area contributed by atoms with E-state index in [1.54, 1.807) is 24.3 Å². The summed E-state index contributed by atoms with van der Waals surface area (Å²) in [5, 5.41) is 9.68. The van der Waals surface area contributed by atoms with Crippen LogP contribution in [0.5, 0.6) is 0 Å². The van der Waals surface area contributed by atoms with Crippen LogP contribution in [0.4, 0.5) is 0 Å². The van der Waals surface area contributed by atoms with Crippen molar-refractivity contribution in [3.63, 3.8) is 0 Å². The van der Waals surface area contributed by atoms with Crippen molar-refractivity contribution in [3.8, 4) is 0 Å². The van der Waals surface area contributed by atoms with E-state index in [1.165, 1.54) is 0 Å². The molecule has 1 aliphatic carbocycles. The second-order valence-corrected chi connectivity index (χ2v) is 5.15. The average molecular weight is 267 g/mol. The number of carbonyl (C=O) groups excluding carboxylic acids is 1. The zero-order chi connectivity index (χ0) is 13.1. The lowest BCUT2D eigenvalue weighted by molar-refractivity contribution is -0.144. The Morgan fingerprint density at radius 2 is 1.83 bits per heavy atom. The van der Waals surface area contributed by atoms with Crippen LogP contribution in [-0.4, -0.2) is 16.9 Å². The Bertz CT molecular complexity index is 470. The summed E-state index contributed by atoms with van der Waals surface area (Å²) in [7, 11) is 0. The number of rotatable bonds is 3. The van der Waals surface area contributed by atoms with Crippen molar-refractivity contribution in [2.24, 2.45) is 11.8 Å². The van der Waals surface area contributed by atoms with Gasteiger partial charge < -0.3 is 5.11 Å². The Kier molecular flexibility index (Phi) is 4.02. The van der Waals surface area contributed by atoms with Crippen LogP contribution >= 0.6 is 11.6 Å². The molecule has 0 heterocycles. The molecule has 0 saturated heterocycles. The topological polar surface area (TPSA) is 54.4 Å². The molecule has 1 saturated carbocycles. The molecule has 0 aromatic heterocycles. The van der Waals surface area contributed by atoms with Crippen LogP contribution in [0.2, 0.25) is 5.02 Å². The molecule has 1 aromatic rings. The number of hydrogen-bond acceptors (Lipinski definition) is 2. The van der Waals surface area contributed by atoms with Crippen molar-refractivity contribution in [1.82, 2.24) is 0 Å². The summed E-state index contributed by atoms with van der Waals surface area (Å²) in [5.41, 5.74) is 0.514. The third-order valence-electron chi connectivity index (χ3n) is 3.53. The summed E-state index contributed by atoms with van der Waals surface area (Å²) in [6, 6.07) is 6.72. The number of aliphatic carboxylic acids is 1. The molecule has 18 heavy (non-hydrogen) atoms. The molecule has 1 fully saturated rings. The van der Waals surface area contributed by atoms with E-state index < -0.39 is 17.8 Å². The van der Waals surface area contributed by atoms with Gasteiger partial charge in [0, 0.05) is 16.5 Å². The lowest BCUT2D eigenvalue weighted by Gasteiger charge is -2.27. The normalized spacial score (nSPS) is 23.6. The van der Waals surface area contributed by atoms with Crippen LogP contribution < -0.4 is 0 Å². The maximum absolute atomic E-state index is 12.3. The quantitative estimate of drug-likeness (QED) is 0.853. The number of hydrogen-bond donors (Lipinski definition) is 1. The smallest absolute Gasteiger partial charge is 0.307 e. The van der Waals surface area contributed by atoms with Crippen molar-refractivity contribution >= 4 is 23.4 Å². The molecule has 0 aliphatic heterocycles. The lowest BCUT2D eigenvalue weighted by atomic mass is 9.75. The second-order valence-electron chi connectivity index (χ2n) is 4.71. The van der Waals surface area contributed by atoms with Crippen LogP contribution in [-0.2, 0) is 4.79 Å². The molecule has 1 N–H and O–H groups in total. The largest absolute Gasteiger partial charge is 0.481 e. The minimum absolute atomic E-state index is 0.0930. The van der Waals surface area contributed by atoms with Gasteiger partial charge in [-0.1, -0.05) is 36.6 Å². The van der Waals surface area contributed by atoms with Crippen LogP contribution in [0.25, 0.3) is 0 Å². The van der Waals surface area contributed by atoms with Gasteiger partial charge in [0.25, 0.3) is 0 Å². The summed E-state index contributed by atoms with van der Waals surface area (Å²) >= 11 is 5.86. The Labute approximate surface area is 111 Å². The number of ketones is 1. The van der Waals surface area contributed by atoms with Gasteiger partial charge in [0.05, 0.1) is 5.92 Å². The van der Waals surface area contributed by atoms with Gasteiger partial charge in [-0.05, 0) is 25.0 Å². The van der Waals surface area contributed by atoms with E-state index in [1.807, 2.05) is 0 Å². The molecule has 0 spiro atoms. The summed E-state index contributed by atoms with van der Waals surface area (Å²) in [5.74, 6) is -1.92. The number of Topliss-reactive ketones (excluding diaryl/α,β-unsaturated/α-hetero) is 1. The first kappa shape index (κ1) is 13.1. The predicted molar refractivity (Wildman–Crippen MR) is 68.9 cm³/mol. The maximum atomic E-state index is 12.3. The number of halogens is 1. The number of carboxylic acid groups (broad SMARTS) is 1. The first-order valence-electron chi connectivity index (χ1n) is 6.12. The van der Waals surface area contributed by atoms with E-state index >= 15 is 0 Å². The SMILES string of the molecule is O=C(O)C1CCCCC1C(=O)c1cccc(Cl)c1. The summed E-state index contributed by atoms with van der Waals surface area (Å²) < 4.78 is 0. The third-order valence-corrected chi connectivity index (χ3v) is 3.76. The van der Waals surface area contributed by atoms with E-state index in [0.717, 1.165) is 12.8 Å². The molecule has 0 amide bonds. The van der Waals surface area contributed by atoms with Gasteiger partial charge in [0.1, 0.15) is 0 Å². The maximum Gasteiger partial charge on any atom is 0.307 e. The van der Waals surface area contributed by atoms with Crippen molar-refractivity contribution < 1.29 is 14.7 Å². The highest BCUT2D eigenvalue weighted by Gasteiger charge is 2.35. The highest BCUT2D eigenvalue weighted by Crippen LogP contribution is 2.33. The van der Waals surface area contributed by atoms with E-state index in [-0.39, 0.29) is 5.78 Å². The minimum atomic E-state index is -0.866. The highest BCUT2D eigenvalue weighted by molar-refractivity contribution is 6.31. The van der Waals surface area contributed by atoms with Gasteiger partial charge in [0.15, 0.2) is 5.78 Å². The molecule has 4 heteroatoms. The summed E-state index contributed by atoms with van der Waals surface area (Å²) in [6.45, 7) is 0. The molecule has 2 atom stereocenters. The monoisotopic (exact) mass is 266 g/mol. The molecular formula is C14H15ClO3. The number of carboxylic acids is 1.